The van der Waals surface area contributed by atoms with Gasteiger partial charge < -0.3 is 9.64 Å². The second kappa shape index (κ2) is 6.46. The molecule has 0 saturated heterocycles. The van der Waals surface area contributed by atoms with E-state index >= 15 is 0 Å². The Morgan fingerprint density at radius 2 is 1.96 bits per heavy atom. The average molecular weight is 368 g/mol. The summed E-state index contributed by atoms with van der Waals surface area (Å²) in [6.45, 7) is 2.55. The molecule has 0 aliphatic rings. The number of benzene rings is 2. The third kappa shape index (κ3) is 2.63. The van der Waals surface area contributed by atoms with Gasteiger partial charge in [-0.05, 0) is 31.2 Å². The highest BCUT2D eigenvalue weighted by Crippen LogP contribution is 2.32. The van der Waals surface area contributed by atoms with Crippen LogP contribution < -0.4 is 9.64 Å². The number of fused-ring (bicyclic) bond motifs is 3. The van der Waals surface area contributed by atoms with Gasteiger partial charge in [0.1, 0.15) is 5.75 Å². The topological polar surface area (TPSA) is 55.6 Å². The molecule has 2 heterocycles. The molecule has 0 amide bonds. The van der Waals surface area contributed by atoms with E-state index in [4.69, 9.17) is 16.3 Å². The van der Waals surface area contributed by atoms with Gasteiger partial charge in [0.15, 0.2) is 11.5 Å². The van der Waals surface area contributed by atoms with Crippen molar-refractivity contribution in [2.45, 2.75) is 6.92 Å². The summed E-state index contributed by atoms with van der Waals surface area (Å²) in [6.07, 6.45) is 1.78. The van der Waals surface area contributed by atoms with Gasteiger partial charge in [0.25, 0.3) is 0 Å². The van der Waals surface area contributed by atoms with E-state index in [1.165, 1.54) is 0 Å². The number of ether oxygens (including phenoxy) is 1. The number of nitrogens with zero attached hydrogens (tertiary/aromatic N) is 5. The SMILES string of the molecule is CCOc1cccc2c1cnn1c(-c3ccc(N(C)C)cc3Cl)nnc21. The summed E-state index contributed by atoms with van der Waals surface area (Å²) in [4.78, 5) is 2.00. The highest BCUT2D eigenvalue weighted by Gasteiger charge is 2.16. The Labute approximate surface area is 156 Å². The fraction of sp³-hybridized carbons (Fsp3) is 0.211. The van der Waals surface area contributed by atoms with Gasteiger partial charge in [0.2, 0.25) is 0 Å². The molecule has 7 heteroatoms. The molecule has 0 bridgehead atoms. The van der Waals surface area contributed by atoms with Crippen molar-refractivity contribution in [3.8, 4) is 17.1 Å². The van der Waals surface area contributed by atoms with Crippen molar-refractivity contribution >= 4 is 33.7 Å². The predicted molar refractivity (Wildman–Crippen MR) is 104 cm³/mol. The molecule has 0 radical (unpaired) electrons. The molecule has 4 aromatic rings. The van der Waals surface area contributed by atoms with Crippen molar-refractivity contribution in [1.82, 2.24) is 19.8 Å². The second-order valence-corrected chi connectivity index (χ2v) is 6.52. The van der Waals surface area contributed by atoms with E-state index in [0.717, 1.165) is 27.8 Å². The lowest BCUT2D eigenvalue weighted by Gasteiger charge is -2.13. The largest absolute Gasteiger partial charge is 0.493 e. The van der Waals surface area contributed by atoms with Crippen molar-refractivity contribution in [2.75, 3.05) is 25.6 Å². The van der Waals surface area contributed by atoms with E-state index in [-0.39, 0.29) is 0 Å². The normalized spacial score (nSPS) is 11.2. The van der Waals surface area contributed by atoms with Crippen molar-refractivity contribution in [1.29, 1.82) is 0 Å². The maximum absolute atomic E-state index is 6.49. The predicted octanol–water partition coefficient (Wildman–Crippen LogP) is 4.06. The van der Waals surface area contributed by atoms with Crippen molar-refractivity contribution in [3.63, 3.8) is 0 Å². The highest BCUT2D eigenvalue weighted by molar-refractivity contribution is 6.33. The Morgan fingerprint density at radius 1 is 1.12 bits per heavy atom. The summed E-state index contributed by atoms with van der Waals surface area (Å²) in [7, 11) is 3.95. The number of halogens is 1. The Hall–Kier alpha value is -2.86. The molecule has 2 aromatic heterocycles. The fourth-order valence-corrected chi connectivity index (χ4v) is 3.22. The van der Waals surface area contributed by atoms with Crippen LogP contribution in [0.2, 0.25) is 5.02 Å². The van der Waals surface area contributed by atoms with Crippen LogP contribution >= 0.6 is 11.6 Å². The molecule has 0 N–H and O–H groups in total. The molecule has 0 unspecified atom stereocenters. The number of hydrogen-bond donors (Lipinski definition) is 0. The monoisotopic (exact) mass is 367 g/mol. The molecule has 0 aliphatic heterocycles. The molecule has 0 atom stereocenters. The quantitative estimate of drug-likeness (QED) is 0.544. The van der Waals surface area contributed by atoms with Gasteiger partial charge in [-0.25, -0.2) is 0 Å². The van der Waals surface area contributed by atoms with Gasteiger partial charge in [-0.3, -0.25) is 0 Å². The zero-order valence-electron chi connectivity index (χ0n) is 14.8. The zero-order chi connectivity index (χ0) is 18.3. The number of hydrogen-bond acceptors (Lipinski definition) is 5. The fourth-order valence-electron chi connectivity index (χ4n) is 2.96. The summed E-state index contributed by atoms with van der Waals surface area (Å²) < 4.78 is 7.41. The third-order valence-corrected chi connectivity index (χ3v) is 4.57. The van der Waals surface area contributed by atoms with Crippen molar-refractivity contribution in [3.05, 3.63) is 47.6 Å². The molecule has 132 valence electrons. The Kier molecular flexibility index (Phi) is 4.12. The lowest BCUT2D eigenvalue weighted by molar-refractivity contribution is 0.344. The Balaban J connectivity index is 1.91. The first-order valence-corrected chi connectivity index (χ1v) is 8.71. The summed E-state index contributed by atoms with van der Waals surface area (Å²) in [5.41, 5.74) is 2.48. The minimum Gasteiger partial charge on any atom is -0.493 e. The molecular weight excluding hydrogens is 350 g/mol. The van der Waals surface area contributed by atoms with Gasteiger partial charge in [0.05, 0.1) is 17.8 Å². The summed E-state index contributed by atoms with van der Waals surface area (Å²) in [5, 5.41) is 15.7. The molecule has 26 heavy (non-hydrogen) atoms. The number of aromatic nitrogens is 4. The van der Waals surface area contributed by atoms with Crippen LogP contribution in [0.3, 0.4) is 0 Å². The van der Waals surface area contributed by atoms with E-state index < -0.39 is 0 Å². The molecular formula is C19H18ClN5O. The van der Waals surface area contributed by atoms with Crippen molar-refractivity contribution in [2.24, 2.45) is 0 Å². The van der Waals surface area contributed by atoms with Crippen LogP contribution in [-0.2, 0) is 0 Å². The number of rotatable bonds is 4. The Morgan fingerprint density at radius 3 is 2.69 bits per heavy atom. The minimum atomic E-state index is 0.593. The van der Waals surface area contributed by atoms with Crippen LogP contribution in [0.5, 0.6) is 5.75 Å². The summed E-state index contributed by atoms with van der Waals surface area (Å²) in [5.74, 6) is 1.40. The number of anilines is 1. The maximum Gasteiger partial charge on any atom is 0.186 e. The second-order valence-electron chi connectivity index (χ2n) is 6.11. The van der Waals surface area contributed by atoms with Gasteiger partial charge in [-0.15, -0.1) is 10.2 Å². The molecule has 0 aliphatic carbocycles. The van der Waals surface area contributed by atoms with Crippen LogP contribution in [0.15, 0.2) is 42.6 Å². The molecule has 2 aromatic carbocycles. The van der Waals surface area contributed by atoms with E-state index in [2.05, 4.69) is 15.3 Å². The van der Waals surface area contributed by atoms with Gasteiger partial charge >= 0.3 is 0 Å². The van der Waals surface area contributed by atoms with E-state index in [9.17, 15) is 0 Å². The van der Waals surface area contributed by atoms with Crippen LogP contribution in [0, 0.1) is 0 Å². The van der Waals surface area contributed by atoms with Crippen LogP contribution in [0.1, 0.15) is 6.92 Å². The molecule has 0 fully saturated rings. The average Bonchev–Trinajstić information content (AvgIpc) is 3.06. The highest BCUT2D eigenvalue weighted by atomic mass is 35.5. The zero-order valence-corrected chi connectivity index (χ0v) is 15.5. The van der Waals surface area contributed by atoms with E-state index in [1.807, 2.05) is 62.3 Å². The lowest BCUT2D eigenvalue weighted by atomic mass is 10.1. The molecule has 0 spiro atoms. The van der Waals surface area contributed by atoms with Crippen LogP contribution in [-0.4, -0.2) is 40.5 Å². The summed E-state index contributed by atoms with van der Waals surface area (Å²) >= 11 is 6.49. The molecule has 4 rings (SSSR count). The minimum absolute atomic E-state index is 0.593. The lowest BCUT2D eigenvalue weighted by Crippen LogP contribution is -2.08. The molecule has 0 saturated carbocycles. The van der Waals surface area contributed by atoms with Crippen LogP contribution in [0.4, 0.5) is 5.69 Å². The Bertz CT molecular complexity index is 1110. The maximum atomic E-state index is 6.49. The van der Waals surface area contributed by atoms with Gasteiger partial charge in [0, 0.05) is 36.1 Å². The van der Waals surface area contributed by atoms with E-state index in [1.54, 1.807) is 10.7 Å². The van der Waals surface area contributed by atoms with E-state index in [0.29, 0.717) is 23.1 Å². The first-order chi connectivity index (χ1) is 12.6. The first kappa shape index (κ1) is 16.6. The smallest absolute Gasteiger partial charge is 0.186 e. The van der Waals surface area contributed by atoms with Crippen LogP contribution in [0.25, 0.3) is 27.8 Å². The molecule has 6 nitrogen and oxygen atoms in total. The third-order valence-electron chi connectivity index (χ3n) is 4.26. The van der Waals surface area contributed by atoms with Crippen molar-refractivity contribution < 1.29 is 4.74 Å². The summed E-state index contributed by atoms with van der Waals surface area (Å²) in [6, 6.07) is 11.7. The van der Waals surface area contributed by atoms with Gasteiger partial charge in [-0.2, -0.15) is 9.61 Å². The first-order valence-electron chi connectivity index (χ1n) is 8.33. The standard InChI is InChI=1S/C19H18ClN5O/c1-4-26-17-7-5-6-13-15(17)11-21-25-18(13)22-23-19(25)14-9-8-12(24(2)3)10-16(14)20/h5-11H,4H2,1-3H3. The van der Waals surface area contributed by atoms with Gasteiger partial charge in [-0.1, -0.05) is 23.7 Å².